The second kappa shape index (κ2) is 7.92. The first kappa shape index (κ1) is 18.9. The highest BCUT2D eigenvalue weighted by Crippen LogP contribution is 2.38. The first-order valence-corrected chi connectivity index (χ1v) is 9.64. The molecule has 7 nitrogen and oxygen atoms in total. The van der Waals surface area contributed by atoms with E-state index in [1.54, 1.807) is 6.26 Å². The van der Waals surface area contributed by atoms with Gasteiger partial charge in [0.1, 0.15) is 23.9 Å². The average Bonchev–Trinajstić information content (AvgIpc) is 3.22. The largest absolute Gasteiger partial charge is 0.475 e. The van der Waals surface area contributed by atoms with Crippen LogP contribution in [0.5, 0.6) is 5.88 Å². The molecule has 2 aliphatic heterocycles. The Kier molecular flexibility index (Phi) is 5.36. The number of hydrogen-bond donors (Lipinski definition) is 0. The van der Waals surface area contributed by atoms with Crippen LogP contribution in [0.4, 0.5) is 0 Å². The summed E-state index contributed by atoms with van der Waals surface area (Å²) < 4.78 is 23.0. The molecule has 0 N–H and O–H groups in total. The molecule has 2 aliphatic rings. The fourth-order valence-corrected chi connectivity index (χ4v) is 3.68. The van der Waals surface area contributed by atoms with Crippen molar-refractivity contribution < 1.29 is 18.6 Å². The summed E-state index contributed by atoms with van der Waals surface area (Å²) in [6, 6.07) is 6.01. The van der Waals surface area contributed by atoms with E-state index >= 15 is 0 Å². The maximum Gasteiger partial charge on any atom is 0.232 e. The normalized spacial score (nSPS) is 19.0. The van der Waals surface area contributed by atoms with Gasteiger partial charge in [-0.3, -0.25) is 4.90 Å². The minimum Gasteiger partial charge on any atom is -0.475 e. The molecular formula is C21H25N3O4. The third-order valence-electron chi connectivity index (χ3n) is 5.21. The fraction of sp³-hybridized carbons (Fsp3) is 0.524. The van der Waals surface area contributed by atoms with Gasteiger partial charge in [0.25, 0.3) is 0 Å². The molecule has 7 heteroatoms. The Morgan fingerprint density at radius 1 is 1.29 bits per heavy atom. The van der Waals surface area contributed by atoms with E-state index in [9.17, 15) is 5.26 Å². The Bertz CT molecular complexity index is 865. The number of aromatic nitrogens is 1. The number of nitrogens with zero attached hydrogens (tertiary/aromatic N) is 3. The summed E-state index contributed by atoms with van der Waals surface area (Å²) in [6.07, 6.45) is 2.25. The molecule has 4 heterocycles. The Morgan fingerprint density at radius 3 is 2.82 bits per heavy atom. The Labute approximate surface area is 164 Å². The van der Waals surface area contributed by atoms with Gasteiger partial charge in [0.15, 0.2) is 5.76 Å². The van der Waals surface area contributed by atoms with E-state index in [1.165, 1.54) is 0 Å². The summed E-state index contributed by atoms with van der Waals surface area (Å²) in [5, 5.41) is 9.85. The Hall–Kier alpha value is -2.40. The quantitative estimate of drug-likeness (QED) is 0.785. The van der Waals surface area contributed by atoms with Crippen molar-refractivity contribution in [2.24, 2.45) is 0 Å². The number of nitriles is 1. The molecule has 148 valence electrons. The van der Waals surface area contributed by atoms with Crippen molar-refractivity contribution in [1.82, 2.24) is 9.88 Å². The van der Waals surface area contributed by atoms with Crippen molar-refractivity contribution in [3.05, 3.63) is 35.1 Å². The summed E-state index contributed by atoms with van der Waals surface area (Å²) in [7, 11) is 0. The molecule has 0 radical (unpaired) electrons. The molecule has 0 spiro atoms. The van der Waals surface area contributed by atoms with Gasteiger partial charge in [-0.25, -0.2) is 4.98 Å². The number of fused-ring (bicyclic) bond motifs is 1. The number of furan rings is 1. The molecule has 0 saturated carbocycles. The van der Waals surface area contributed by atoms with Crippen molar-refractivity contribution in [3.8, 4) is 23.4 Å². The molecule has 28 heavy (non-hydrogen) atoms. The highest BCUT2D eigenvalue weighted by atomic mass is 16.5. The predicted octanol–water partition coefficient (Wildman–Crippen LogP) is 2.78. The van der Waals surface area contributed by atoms with Gasteiger partial charge in [-0.05, 0) is 31.5 Å². The van der Waals surface area contributed by atoms with Gasteiger partial charge in [-0.1, -0.05) is 0 Å². The summed E-state index contributed by atoms with van der Waals surface area (Å²) in [5.74, 6) is 1.03. The van der Waals surface area contributed by atoms with Gasteiger partial charge >= 0.3 is 0 Å². The lowest BCUT2D eigenvalue weighted by molar-refractivity contribution is -0.0402. The van der Waals surface area contributed by atoms with E-state index in [2.05, 4.69) is 16.0 Å². The van der Waals surface area contributed by atoms with Crippen LogP contribution in [0, 0.1) is 11.3 Å². The van der Waals surface area contributed by atoms with E-state index in [0.29, 0.717) is 42.5 Å². The zero-order valence-electron chi connectivity index (χ0n) is 16.4. The molecule has 0 unspecified atom stereocenters. The fourth-order valence-electron chi connectivity index (χ4n) is 3.68. The van der Waals surface area contributed by atoms with Crippen LogP contribution in [0.1, 0.15) is 30.5 Å². The van der Waals surface area contributed by atoms with Crippen LogP contribution in [0.2, 0.25) is 0 Å². The third-order valence-corrected chi connectivity index (χ3v) is 5.21. The van der Waals surface area contributed by atoms with Crippen LogP contribution in [-0.4, -0.2) is 54.9 Å². The van der Waals surface area contributed by atoms with Crippen molar-refractivity contribution in [2.45, 2.75) is 32.5 Å². The number of morpholine rings is 1. The van der Waals surface area contributed by atoms with Crippen LogP contribution in [0.15, 0.2) is 22.8 Å². The molecular weight excluding hydrogens is 358 g/mol. The van der Waals surface area contributed by atoms with E-state index in [1.807, 2.05) is 26.0 Å². The Morgan fingerprint density at radius 2 is 2.11 bits per heavy atom. The lowest BCUT2D eigenvalue weighted by Crippen LogP contribution is -2.38. The first-order valence-electron chi connectivity index (χ1n) is 9.64. The summed E-state index contributed by atoms with van der Waals surface area (Å²) in [4.78, 5) is 6.96. The van der Waals surface area contributed by atoms with E-state index < -0.39 is 0 Å². The molecule has 2 aromatic rings. The molecule has 1 fully saturated rings. The van der Waals surface area contributed by atoms with Crippen LogP contribution in [0.25, 0.3) is 11.5 Å². The van der Waals surface area contributed by atoms with E-state index in [0.717, 1.165) is 44.0 Å². The molecule has 0 aliphatic carbocycles. The van der Waals surface area contributed by atoms with E-state index in [-0.39, 0.29) is 5.60 Å². The number of hydrogen-bond acceptors (Lipinski definition) is 7. The summed E-state index contributed by atoms with van der Waals surface area (Å²) in [5.41, 5.74) is 2.71. The monoisotopic (exact) mass is 383 g/mol. The van der Waals surface area contributed by atoms with Gasteiger partial charge in [0.2, 0.25) is 5.88 Å². The maximum absolute atomic E-state index is 9.85. The van der Waals surface area contributed by atoms with E-state index in [4.69, 9.17) is 18.6 Å². The molecule has 0 aromatic carbocycles. The SMILES string of the molecule is CC1(C)Cc2c(C#N)c(OCCN3CCOCC3)nc(-c3ccco3)c2CO1. The lowest BCUT2D eigenvalue weighted by Gasteiger charge is -2.33. The molecule has 0 atom stereocenters. The zero-order chi connectivity index (χ0) is 19.6. The number of rotatable bonds is 5. The number of ether oxygens (including phenoxy) is 3. The summed E-state index contributed by atoms with van der Waals surface area (Å²) in [6.45, 7) is 9.00. The maximum atomic E-state index is 9.85. The lowest BCUT2D eigenvalue weighted by atomic mass is 9.88. The van der Waals surface area contributed by atoms with Crippen LogP contribution in [-0.2, 0) is 22.5 Å². The summed E-state index contributed by atoms with van der Waals surface area (Å²) >= 11 is 0. The predicted molar refractivity (Wildman–Crippen MR) is 102 cm³/mol. The second-order valence-electron chi connectivity index (χ2n) is 7.71. The van der Waals surface area contributed by atoms with Gasteiger partial charge in [-0.2, -0.15) is 5.26 Å². The van der Waals surface area contributed by atoms with Crippen LogP contribution < -0.4 is 4.74 Å². The van der Waals surface area contributed by atoms with Gasteiger partial charge < -0.3 is 18.6 Å². The minimum atomic E-state index is -0.342. The molecule has 1 saturated heterocycles. The van der Waals surface area contributed by atoms with Crippen LogP contribution in [0.3, 0.4) is 0 Å². The topological polar surface area (TPSA) is 80.8 Å². The standard InChI is InChI=1S/C21H25N3O4/c1-21(2)12-15-16(13-22)20(27-11-7-24-5-9-25-10-6-24)23-19(17(15)14-28-21)18-4-3-8-26-18/h3-4,8H,5-7,9-12,14H2,1-2H3. The number of pyridine rings is 1. The Balaban J connectivity index is 1.65. The highest BCUT2D eigenvalue weighted by Gasteiger charge is 2.33. The third kappa shape index (κ3) is 3.90. The molecule has 4 rings (SSSR count). The first-order chi connectivity index (χ1) is 13.6. The van der Waals surface area contributed by atoms with Crippen LogP contribution >= 0.6 is 0 Å². The van der Waals surface area contributed by atoms with Crippen molar-refractivity contribution in [2.75, 3.05) is 39.5 Å². The van der Waals surface area contributed by atoms with Crippen molar-refractivity contribution in [1.29, 1.82) is 5.26 Å². The zero-order valence-corrected chi connectivity index (χ0v) is 16.4. The van der Waals surface area contributed by atoms with Gasteiger partial charge in [0.05, 0.1) is 31.7 Å². The van der Waals surface area contributed by atoms with Gasteiger partial charge in [-0.15, -0.1) is 0 Å². The molecule has 2 aromatic heterocycles. The minimum absolute atomic E-state index is 0.342. The smallest absolute Gasteiger partial charge is 0.232 e. The van der Waals surface area contributed by atoms with Crippen molar-refractivity contribution in [3.63, 3.8) is 0 Å². The average molecular weight is 383 g/mol. The van der Waals surface area contributed by atoms with Gasteiger partial charge in [0, 0.05) is 31.6 Å². The molecule has 0 bridgehead atoms. The second-order valence-corrected chi connectivity index (χ2v) is 7.71. The van der Waals surface area contributed by atoms with Crippen molar-refractivity contribution >= 4 is 0 Å². The highest BCUT2D eigenvalue weighted by molar-refractivity contribution is 5.65. The molecule has 0 amide bonds.